The summed E-state index contributed by atoms with van der Waals surface area (Å²) in [5.74, 6) is -2.65. The van der Waals surface area contributed by atoms with E-state index in [1.165, 1.54) is 12.1 Å². The smallest absolute Gasteiger partial charge is 0.337 e. The number of carbonyl (C=O) groups is 3. The average Bonchev–Trinajstić information content (AvgIpc) is 2.51. The molecule has 0 saturated carbocycles. The lowest BCUT2D eigenvalue weighted by atomic mass is 9.82. The number of halogens is 1. The number of fused-ring (bicyclic) bond motifs is 2. The second kappa shape index (κ2) is 5.23. The molecule has 23 heavy (non-hydrogen) atoms. The van der Waals surface area contributed by atoms with E-state index >= 15 is 0 Å². The quantitative estimate of drug-likeness (QED) is 0.385. The third kappa shape index (κ3) is 2.13. The van der Waals surface area contributed by atoms with Crippen LogP contribution in [-0.4, -0.2) is 27.6 Å². The Morgan fingerprint density at radius 2 is 1.61 bits per heavy atom. The Hall–Kier alpha value is -2.62. The number of nitro groups is 1. The van der Waals surface area contributed by atoms with Crippen LogP contribution in [0.15, 0.2) is 30.3 Å². The van der Waals surface area contributed by atoms with Crippen molar-refractivity contribution in [1.29, 1.82) is 0 Å². The van der Waals surface area contributed by atoms with Gasteiger partial charge in [-0.2, -0.15) is 0 Å². The van der Waals surface area contributed by atoms with E-state index in [1.807, 2.05) is 0 Å². The summed E-state index contributed by atoms with van der Waals surface area (Å²) in [6, 6.07) is 6.80. The number of hydrogen-bond donors (Lipinski definition) is 1. The third-order valence-electron chi connectivity index (χ3n) is 3.54. The van der Waals surface area contributed by atoms with Gasteiger partial charge in [0.2, 0.25) is 5.78 Å². The van der Waals surface area contributed by atoms with E-state index in [9.17, 15) is 29.6 Å². The third-order valence-corrected chi connectivity index (χ3v) is 4.66. The van der Waals surface area contributed by atoms with Crippen LogP contribution in [0.5, 0.6) is 0 Å². The number of aromatic carboxylic acids is 1. The molecule has 0 heterocycles. The zero-order chi connectivity index (χ0) is 16.9. The number of carboxylic acid groups (broad SMARTS) is 1. The minimum atomic E-state index is -1.40. The van der Waals surface area contributed by atoms with Crippen LogP contribution in [0.25, 0.3) is 0 Å². The highest BCUT2D eigenvalue weighted by atomic mass is 127. The van der Waals surface area contributed by atoms with Gasteiger partial charge in [-0.05, 0) is 22.6 Å². The molecule has 0 unspecified atom stereocenters. The monoisotopic (exact) mass is 423 g/mol. The molecule has 1 aliphatic rings. The van der Waals surface area contributed by atoms with Crippen LogP contribution in [0.2, 0.25) is 0 Å². The molecule has 7 nitrogen and oxygen atoms in total. The second-order valence-corrected chi connectivity index (χ2v) is 5.85. The summed E-state index contributed by atoms with van der Waals surface area (Å²) < 4.78 is 0.0172. The molecule has 2 aromatic rings. The van der Waals surface area contributed by atoms with Crippen molar-refractivity contribution in [3.05, 3.63) is 71.8 Å². The number of carbonyl (C=O) groups excluding carboxylic acids is 2. The molecule has 0 spiro atoms. The summed E-state index contributed by atoms with van der Waals surface area (Å²) in [5, 5.41) is 20.5. The fourth-order valence-electron chi connectivity index (χ4n) is 2.54. The summed E-state index contributed by atoms with van der Waals surface area (Å²) in [7, 11) is 0. The van der Waals surface area contributed by atoms with Gasteiger partial charge in [0.05, 0.1) is 16.1 Å². The van der Waals surface area contributed by atoms with Crippen LogP contribution in [0.4, 0.5) is 5.69 Å². The molecule has 2 aromatic carbocycles. The predicted molar refractivity (Wildman–Crippen MR) is 86.1 cm³/mol. The Bertz CT molecular complexity index is 934. The minimum Gasteiger partial charge on any atom is -0.478 e. The first kappa shape index (κ1) is 15.3. The molecule has 0 radical (unpaired) electrons. The molecule has 0 aliphatic heterocycles. The van der Waals surface area contributed by atoms with Crippen LogP contribution in [-0.2, 0) is 0 Å². The summed E-state index contributed by atoms with van der Waals surface area (Å²) in [4.78, 5) is 47.0. The van der Waals surface area contributed by atoms with E-state index in [-0.39, 0.29) is 31.4 Å². The summed E-state index contributed by atoms with van der Waals surface area (Å²) in [6.07, 6.45) is 0. The highest BCUT2D eigenvalue weighted by Crippen LogP contribution is 2.37. The average molecular weight is 423 g/mol. The minimum absolute atomic E-state index is 0.0172. The topological polar surface area (TPSA) is 115 Å². The standard InChI is InChI=1S/C15H6INO6/c16-12-8(15(20)21)5-9(17(22)23)10-11(12)14(19)7-4-2-1-3-6(7)13(10)18/h1-5H,(H,20,21). The lowest BCUT2D eigenvalue weighted by molar-refractivity contribution is -0.385. The largest absolute Gasteiger partial charge is 0.478 e. The molecular weight excluding hydrogens is 417 g/mol. The first-order valence-electron chi connectivity index (χ1n) is 6.27. The van der Waals surface area contributed by atoms with Gasteiger partial charge in [0.1, 0.15) is 5.56 Å². The normalized spacial score (nSPS) is 12.6. The van der Waals surface area contributed by atoms with Crippen molar-refractivity contribution in [3.8, 4) is 0 Å². The molecule has 0 fully saturated rings. The van der Waals surface area contributed by atoms with E-state index in [1.54, 1.807) is 34.7 Å². The number of rotatable bonds is 2. The molecular formula is C15H6INO6. The van der Waals surface area contributed by atoms with Crippen molar-refractivity contribution in [3.63, 3.8) is 0 Å². The van der Waals surface area contributed by atoms with Crippen LogP contribution >= 0.6 is 22.6 Å². The molecule has 0 atom stereocenters. The van der Waals surface area contributed by atoms with E-state index in [2.05, 4.69) is 0 Å². The Labute approximate surface area is 142 Å². The zero-order valence-electron chi connectivity index (χ0n) is 11.2. The first-order chi connectivity index (χ1) is 10.8. The van der Waals surface area contributed by atoms with Crippen LogP contribution < -0.4 is 0 Å². The summed E-state index contributed by atoms with van der Waals surface area (Å²) in [5.41, 5.74) is -1.44. The Balaban J connectivity index is 2.46. The molecule has 0 bridgehead atoms. The van der Waals surface area contributed by atoms with Gasteiger partial charge in [-0.25, -0.2) is 4.79 Å². The predicted octanol–water partition coefficient (Wildman–Crippen LogP) is 2.67. The molecule has 0 aromatic heterocycles. The van der Waals surface area contributed by atoms with E-state index in [0.29, 0.717) is 0 Å². The zero-order valence-corrected chi connectivity index (χ0v) is 13.4. The fraction of sp³-hybridized carbons (Fsp3) is 0. The van der Waals surface area contributed by atoms with Crippen LogP contribution in [0, 0.1) is 13.7 Å². The number of nitrogens with zero attached hydrogens (tertiary/aromatic N) is 1. The van der Waals surface area contributed by atoms with E-state index < -0.39 is 28.1 Å². The number of ketones is 2. The van der Waals surface area contributed by atoms with Gasteiger partial charge in [-0.3, -0.25) is 19.7 Å². The molecule has 1 aliphatic carbocycles. The number of carboxylic acids is 1. The SMILES string of the molecule is O=C(O)c1cc([N+](=O)[O-])c2c(c1I)C(=O)c1ccccc1C2=O. The van der Waals surface area contributed by atoms with Crippen molar-refractivity contribution < 1.29 is 24.4 Å². The Kier molecular flexibility index (Phi) is 3.48. The highest BCUT2D eigenvalue weighted by molar-refractivity contribution is 14.1. The van der Waals surface area contributed by atoms with Gasteiger partial charge < -0.3 is 5.11 Å². The summed E-state index contributed by atoms with van der Waals surface area (Å²) in [6.45, 7) is 0. The molecule has 8 heteroatoms. The molecule has 0 saturated heterocycles. The number of benzene rings is 2. The summed E-state index contributed by atoms with van der Waals surface area (Å²) >= 11 is 1.63. The maximum Gasteiger partial charge on any atom is 0.337 e. The highest BCUT2D eigenvalue weighted by Gasteiger charge is 2.39. The second-order valence-electron chi connectivity index (χ2n) is 4.77. The number of nitro benzene ring substituents is 1. The van der Waals surface area contributed by atoms with Gasteiger partial charge in [-0.1, -0.05) is 24.3 Å². The molecule has 3 rings (SSSR count). The number of hydrogen-bond acceptors (Lipinski definition) is 5. The van der Waals surface area contributed by atoms with Crippen molar-refractivity contribution in [2.45, 2.75) is 0 Å². The van der Waals surface area contributed by atoms with Gasteiger partial charge in [-0.15, -0.1) is 0 Å². The van der Waals surface area contributed by atoms with Crippen LogP contribution in [0.3, 0.4) is 0 Å². The van der Waals surface area contributed by atoms with Crippen molar-refractivity contribution in [2.75, 3.05) is 0 Å². The molecule has 114 valence electrons. The van der Waals surface area contributed by atoms with Crippen molar-refractivity contribution >= 4 is 45.8 Å². The first-order valence-corrected chi connectivity index (χ1v) is 7.35. The fourth-order valence-corrected chi connectivity index (χ4v) is 3.44. The van der Waals surface area contributed by atoms with Crippen molar-refractivity contribution in [1.82, 2.24) is 0 Å². The van der Waals surface area contributed by atoms with Gasteiger partial charge in [0.15, 0.2) is 5.78 Å². The maximum absolute atomic E-state index is 12.7. The van der Waals surface area contributed by atoms with E-state index in [4.69, 9.17) is 0 Å². The van der Waals surface area contributed by atoms with E-state index in [0.717, 1.165) is 6.07 Å². The lowest BCUT2D eigenvalue weighted by Gasteiger charge is -2.19. The van der Waals surface area contributed by atoms with Crippen molar-refractivity contribution in [2.24, 2.45) is 0 Å². The maximum atomic E-state index is 12.7. The van der Waals surface area contributed by atoms with Crippen LogP contribution in [0.1, 0.15) is 42.2 Å². The molecule has 0 amide bonds. The molecule has 1 N–H and O–H groups in total. The lowest BCUT2D eigenvalue weighted by Crippen LogP contribution is -2.25. The Morgan fingerprint density at radius 3 is 2.09 bits per heavy atom. The van der Waals surface area contributed by atoms with Gasteiger partial charge in [0, 0.05) is 20.8 Å². The van der Waals surface area contributed by atoms with Gasteiger partial charge >= 0.3 is 5.97 Å². The van der Waals surface area contributed by atoms with Gasteiger partial charge in [0.25, 0.3) is 5.69 Å². The Morgan fingerprint density at radius 1 is 1.09 bits per heavy atom.